The highest BCUT2D eigenvalue weighted by atomic mass is 16.5. The van der Waals surface area contributed by atoms with E-state index >= 15 is 0 Å². The van der Waals surface area contributed by atoms with E-state index in [0.29, 0.717) is 11.7 Å². The molecule has 2 heterocycles. The highest BCUT2D eigenvalue weighted by Gasteiger charge is 2.26. The van der Waals surface area contributed by atoms with Gasteiger partial charge in [0.2, 0.25) is 11.7 Å². The molecule has 1 amide bonds. The summed E-state index contributed by atoms with van der Waals surface area (Å²) in [6.07, 6.45) is 3.55. The van der Waals surface area contributed by atoms with E-state index in [0.717, 1.165) is 61.7 Å². The molecule has 1 aliphatic heterocycles. The molecule has 0 atom stereocenters. The third-order valence-corrected chi connectivity index (χ3v) is 6.25. The molecule has 1 aliphatic carbocycles. The van der Waals surface area contributed by atoms with Gasteiger partial charge in [-0.05, 0) is 56.2 Å². The first-order chi connectivity index (χ1) is 14.7. The van der Waals surface area contributed by atoms with Crippen LogP contribution in [-0.2, 0) is 0 Å². The Morgan fingerprint density at radius 2 is 1.67 bits per heavy atom. The number of carbonyl (C=O) groups excluding carboxylic acids is 1. The molecule has 3 aromatic rings. The van der Waals surface area contributed by atoms with Gasteiger partial charge in [-0.25, -0.2) is 0 Å². The molecule has 1 aromatic heterocycles. The van der Waals surface area contributed by atoms with Gasteiger partial charge in [0.05, 0.1) is 0 Å². The summed E-state index contributed by atoms with van der Waals surface area (Å²) >= 11 is 0. The van der Waals surface area contributed by atoms with Gasteiger partial charge in [-0.15, -0.1) is 0 Å². The average Bonchev–Trinajstić information content (AvgIpc) is 3.22. The minimum Gasteiger partial charge on any atom is -0.368 e. The fourth-order valence-electron chi connectivity index (χ4n) is 4.04. The van der Waals surface area contributed by atoms with Crippen LogP contribution in [0.15, 0.2) is 53.1 Å². The summed E-state index contributed by atoms with van der Waals surface area (Å²) in [7, 11) is 0. The first kappa shape index (κ1) is 18.9. The maximum absolute atomic E-state index is 12.7. The number of aryl methyl sites for hydroxylation is 1. The zero-order valence-electron chi connectivity index (χ0n) is 17.3. The Kier molecular flexibility index (Phi) is 4.99. The zero-order valence-corrected chi connectivity index (χ0v) is 17.3. The van der Waals surface area contributed by atoms with Crippen molar-refractivity contribution < 1.29 is 9.32 Å². The van der Waals surface area contributed by atoms with Gasteiger partial charge < -0.3 is 14.3 Å². The van der Waals surface area contributed by atoms with E-state index in [4.69, 9.17) is 4.52 Å². The second-order valence-corrected chi connectivity index (χ2v) is 8.28. The molecule has 6 heteroatoms. The monoisotopic (exact) mass is 402 g/mol. The number of aromatic nitrogens is 2. The quantitative estimate of drug-likeness (QED) is 0.652. The number of hydrogen-bond acceptors (Lipinski definition) is 5. The predicted molar refractivity (Wildman–Crippen MR) is 116 cm³/mol. The van der Waals surface area contributed by atoms with Gasteiger partial charge in [0, 0.05) is 48.9 Å². The second kappa shape index (κ2) is 7.94. The Bertz CT molecular complexity index is 1010. The molecule has 1 saturated carbocycles. The third-order valence-electron chi connectivity index (χ3n) is 6.25. The molecule has 0 N–H and O–H groups in total. The van der Waals surface area contributed by atoms with Crippen LogP contribution < -0.4 is 4.90 Å². The van der Waals surface area contributed by atoms with Gasteiger partial charge >= 0.3 is 0 Å². The highest BCUT2D eigenvalue weighted by molar-refractivity contribution is 5.94. The van der Waals surface area contributed by atoms with Crippen molar-refractivity contribution in [2.75, 3.05) is 31.1 Å². The number of nitrogens with zero attached hydrogens (tertiary/aromatic N) is 4. The number of hydrogen-bond donors (Lipinski definition) is 0. The Labute approximate surface area is 176 Å². The number of piperazine rings is 1. The number of anilines is 1. The number of rotatable bonds is 4. The van der Waals surface area contributed by atoms with E-state index in [2.05, 4.69) is 39.3 Å². The third kappa shape index (κ3) is 3.70. The molecule has 2 aromatic carbocycles. The van der Waals surface area contributed by atoms with Crippen molar-refractivity contribution in [3.05, 3.63) is 65.5 Å². The first-order valence-electron chi connectivity index (χ1n) is 10.7. The summed E-state index contributed by atoms with van der Waals surface area (Å²) in [6.45, 7) is 5.13. The van der Waals surface area contributed by atoms with E-state index in [9.17, 15) is 4.79 Å². The topological polar surface area (TPSA) is 62.5 Å². The molecule has 0 unspecified atom stereocenters. The van der Waals surface area contributed by atoms with E-state index in [1.807, 2.05) is 36.1 Å². The molecule has 2 fully saturated rings. The molecule has 0 radical (unpaired) electrons. The molecule has 154 valence electrons. The van der Waals surface area contributed by atoms with E-state index in [-0.39, 0.29) is 5.91 Å². The largest absolute Gasteiger partial charge is 0.368 e. The fourth-order valence-corrected chi connectivity index (χ4v) is 4.04. The van der Waals surface area contributed by atoms with Gasteiger partial charge in [-0.2, -0.15) is 4.98 Å². The molecule has 1 saturated heterocycles. The van der Waals surface area contributed by atoms with Gasteiger partial charge in [0.25, 0.3) is 5.91 Å². The van der Waals surface area contributed by atoms with Crippen LogP contribution >= 0.6 is 0 Å². The summed E-state index contributed by atoms with van der Waals surface area (Å²) < 4.78 is 5.44. The van der Waals surface area contributed by atoms with Crippen molar-refractivity contribution in [3.63, 3.8) is 0 Å². The normalized spacial score (nSPS) is 17.1. The van der Waals surface area contributed by atoms with Crippen LogP contribution in [0.1, 0.15) is 47.0 Å². The molecule has 0 bridgehead atoms. The predicted octanol–water partition coefficient (Wildman–Crippen LogP) is 4.27. The average molecular weight is 402 g/mol. The van der Waals surface area contributed by atoms with Crippen molar-refractivity contribution >= 4 is 11.6 Å². The Hall–Kier alpha value is -3.15. The Balaban J connectivity index is 1.20. The van der Waals surface area contributed by atoms with Gasteiger partial charge in [0.15, 0.2) is 0 Å². The molecule has 5 rings (SSSR count). The maximum Gasteiger partial charge on any atom is 0.253 e. The fraction of sp³-hybridized carbons (Fsp3) is 0.375. The number of amides is 1. The summed E-state index contributed by atoms with van der Waals surface area (Å²) in [5, 5.41) is 4.15. The summed E-state index contributed by atoms with van der Waals surface area (Å²) in [5.41, 5.74) is 4.06. The summed E-state index contributed by atoms with van der Waals surface area (Å²) in [5.74, 6) is 2.00. The summed E-state index contributed by atoms with van der Waals surface area (Å²) in [4.78, 5) is 21.5. The lowest BCUT2D eigenvalue weighted by Gasteiger charge is -2.36. The molecule has 2 aliphatic rings. The second-order valence-electron chi connectivity index (χ2n) is 8.28. The van der Waals surface area contributed by atoms with Crippen molar-refractivity contribution in [2.24, 2.45) is 0 Å². The van der Waals surface area contributed by atoms with E-state index < -0.39 is 0 Å². The van der Waals surface area contributed by atoms with Crippen LogP contribution in [0.4, 0.5) is 5.69 Å². The lowest BCUT2D eigenvalue weighted by Crippen LogP contribution is -2.48. The number of carbonyl (C=O) groups is 1. The maximum atomic E-state index is 12.7. The van der Waals surface area contributed by atoms with Crippen molar-refractivity contribution in [3.8, 4) is 11.4 Å². The van der Waals surface area contributed by atoms with Gasteiger partial charge in [-0.1, -0.05) is 29.3 Å². The molecule has 6 nitrogen and oxygen atoms in total. The lowest BCUT2D eigenvalue weighted by molar-refractivity contribution is 0.0747. The summed E-state index contributed by atoms with van der Waals surface area (Å²) in [6, 6.07) is 16.1. The van der Waals surface area contributed by atoms with E-state index in [1.54, 1.807) is 0 Å². The highest BCUT2D eigenvalue weighted by Crippen LogP contribution is 2.36. The molecule has 30 heavy (non-hydrogen) atoms. The van der Waals surface area contributed by atoms with Gasteiger partial charge in [0.1, 0.15) is 0 Å². The first-order valence-corrected chi connectivity index (χ1v) is 10.7. The van der Waals surface area contributed by atoms with Crippen molar-refractivity contribution in [2.45, 2.75) is 32.1 Å². The molecule has 0 spiro atoms. The van der Waals surface area contributed by atoms with Crippen molar-refractivity contribution in [1.82, 2.24) is 15.0 Å². The van der Waals surface area contributed by atoms with Crippen LogP contribution in [0, 0.1) is 6.92 Å². The minimum absolute atomic E-state index is 0.115. The standard InChI is InChI=1S/C24H26N4O2/c1-17-5-7-20(8-6-17)24(29)28-15-13-27(14-16-28)21-11-9-18(10-12-21)22-25-23(30-26-22)19-3-2-4-19/h5-12,19H,2-4,13-16H2,1H3. The van der Waals surface area contributed by atoms with Crippen LogP contribution in [0.25, 0.3) is 11.4 Å². The van der Waals surface area contributed by atoms with Crippen LogP contribution in [-0.4, -0.2) is 47.1 Å². The number of benzene rings is 2. The smallest absolute Gasteiger partial charge is 0.253 e. The molecular weight excluding hydrogens is 376 g/mol. The van der Waals surface area contributed by atoms with Crippen LogP contribution in [0.3, 0.4) is 0 Å². The van der Waals surface area contributed by atoms with Crippen molar-refractivity contribution in [1.29, 1.82) is 0 Å². The lowest BCUT2D eigenvalue weighted by atomic mass is 9.85. The van der Waals surface area contributed by atoms with E-state index in [1.165, 1.54) is 12.0 Å². The minimum atomic E-state index is 0.115. The van der Waals surface area contributed by atoms with Crippen LogP contribution in [0.2, 0.25) is 0 Å². The molecular formula is C24H26N4O2. The Morgan fingerprint density at radius 1 is 0.967 bits per heavy atom. The zero-order chi connectivity index (χ0) is 20.5. The van der Waals surface area contributed by atoms with Gasteiger partial charge in [-0.3, -0.25) is 4.79 Å². The Morgan fingerprint density at radius 3 is 2.30 bits per heavy atom. The SMILES string of the molecule is Cc1ccc(C(=O)N2CCN(c3ccc(-c4noc(C5CCC5)n4)cc3)CC2)cc1. The van der Waals surface area contributed by atoms with Crippen LogP contribution in [0.5, 0.6) is 0 Å².